The van der Waals surface area contributed by atoms with E-state index in [0.717, 1.165) is 5.56 Å². The predicted octanol–water partition coefficient (Wildman–Crippen LogP) is 2.15. The molecule has 0 aliphatic rings. The molecule has 5 amide bonds. The number of ether oxygens (including phenoxy) is 1. The highest BCUT2D eigenvalue weighted by molar-refractivity contribution is 5.97. The largest absolute Gasteiger partial charge is 0.451 e. The number of hydrogen-bond donors (Lipinski definition) is 4. The van der Waals surface area contributed by atoms with Crippen LogP contribution in [0.4, 0.5) is 15.3 Å². The first kappa shape index (κ1) is 22.4. The number of amides is 5. The van der Waals surface area contributed by atoms with E-state index >= 15 is 0 Å². The summed E-state index contributed by atoms with van der Waals surface area (Å²) in [7, 11) is 0. The summed E-state index contributed by atoms with van der Waals surface area (Å²) in [6.07, 6.45) is -1.22. The number of urea groups is 2. The van der Waals surface area contributed by atoms with Gasteiger partial charge in [-0.1, -0.05) is 48.5 Å². The van der Waals surface area contributed by atoms with Crippen molar-refractivity contribution in [3.63, 3.8) is 0 Å². The van der Waals surface area contributed by atoms with E-state index in [0.29, 0.717) is 5.69 Å². The van der Waals surface area contributed by atoms with Gasteiger partial charge in [-0.05, 0) is 31.5 Å². The second-order valence-electron chi connectivity index (χ2n) is 6.42. The van der Waals surface area contributed by atoms with Crippen molar-refractivity contribution in [2.75, 3.05) is 5.32 Å². The topological polar surface area (TPSA) is 126 Å². The zero-order valence-corrected chi connectivity index (χ0v) is 16.7. The van der Waals surface area contributed by atoms with Gasteiger partial charge in [0, 0.05) is 12.2 Å². The fourth-order valence-electron chi connectivity index (χ4n) is 2.31. The zero-order valence-electron chi connectivity index (χ0n) is 16.7. The second-order valence-corrected chi connectivity index (χ2v) is 6.42. The van der Waals surface area contributed by atoms with E-state index in [2.05, 4.69) is 21.3 Å². The molecule has 2 aromatic carbocycles. The number of carbonyl (C=O) groups is 4. The minimum absolute atomic E-state index is 0.242. The normalized spacial score (nSPS) is 12.1. The van der Waals surface area contributed by atoms with Gasteiger partial charge in [0.2, 0.25) is 0 Å². The zero-order chi connectivity index (χ0) is 21.9. The molecule has 158 valence electrons. The maximum absolute atomic E-state index is 12.1. The maximum Gasteiger partial charge on any atom is 0.329 e. The average Bonchev–Trinajstić information content (AvgIpc) is 2.73. The van der Waals surface area contributed by atoms with Gasteiger partial charge >= 0.3 is 18.0 Å². The minimum Gasteiger partial charge on any atom is -0.451 e. The Morgan fingerprint density at radius 1 is 0.867 bits per heavy atom. The number of benzene rings is 2. The summed E-state index contributed by atoms with van der Waals surface area (Å²) in [5.74, 6) is -1.60. The standard InChI is InChI=1S/C21H24N4O5/c1-14(23-21(29)24-17-11-7-4-8-12-17)19(27)30-15(2)18(26)25-20(28)22-13-16-9-5-3-6-10-16/h3-12,14-15H,13H2,1-2H3,(H2,23,24,29)(H2,22,25,26,28)/t14-,15+/m0/s1. The molecule has 30 heavy (non-hydrogen) atoms. The smallest absolute Gasteiger partial charge is 0.329 e. The van der Waals surface area contributed by atoms with Crippen LogP contribution in [0.1, 0.15) is 19.4 Å². The van der Waals surface area contributed by atoms with Crippen molar-refractivity contribution < 1.29 is 23.9 Å². The number of nitrogens with one attached hydrogen (secondary N) is 4. The third-order valence-electron chi connectivity index (χ3n) is 3.93. The Labute approximate surface area is 174 Å². The third kappa shape index (κ3) is 7.63. The van der Waals surface area contributed by atoms with Crippen LogP contribution >= 0.6 is 0 Å². The molecule has 2 aromatic rings. The van der Waals surface area contributed by atoms with Gasteiger partial charge in [-0.15, -0.1) is 0 Å². The van der Waals surface area contributed by atoms with Crippen molar-refractivity contribution in [2.24, 2.45) is 0 Å². The fraction of sp³-hybridized carbons (Fsp3) is 0.238. The molecule has 0 saturated carbocycles. The highest BCUT2D eigenvalue weighted by atomic mass is 16.5. The molecule has 0 fully saturated rings. The second kappa shape index (κ2) is 11.2. The van der Waals surface area contributed by atoms with Crippen LogP contribution in [-0.4, -0.2) is 36.1 Å². The number of carbonyl (C=O) groups excluding carboxylic acids is 4. The van der Waals surface area contributed by atoms with Gasteiger partial charge in [0.15, 0.2) is 6.10 Å². The SMILES string of the molecule is C[C@H](NC(=O)Nc1ccccc1)C(=O)O[C@H](C)C(=O)NC(=O)NCc1ccccc1. The fourth-order valence-corrected chi connectivity index (χ4v) is 2.31. The van der Waals surface area contributed by atoms with E-state index in [4.69, 9.17) is 4.74 Å². The molecule has 2 rings (SSSR count). The highest BCUT2D eigenvalue weighted by Crippen LogP contribution is 2.05. The quantitative estimate of drug-likeness (QED) is 0.519. The summed E-state index contributed by atoms with van der Waals surface area (Å²) in [4.78, 5) is 47.9. The first-order valence-corrected chi connectivity index (χ1v) is 9.31. The number of esters is 1. The van der Waals surface area contributed by atoms with Crippen molar-refractivity contribution in [1.82, 2.24) is 16.0 Å². The number of hydrogen-bond acceptors (Lipinski definition) is 5. The Hall–Kier alpha value is -3.88. The molecule has 0 bridgehead atoms. The minimum atomic E-state index is -1.22. The summed E-state index contributed by atoms with van der Waals surface area (Å²) >= 11 is 0. The highest BCUT2D eigenvalue weighted by Gasteiger charge is 2.24. The van der Waals surface area contributed by atoms with Crippen LogP contribution in [0.15, 0.2) is 60.7 Å². The monoisotopic (exact) mass is 412 g/mol. The molecule has 9 nitrogen and oxygen atoms in total. The number of rotatable bonds is 7. The van der Waals surface area contributed by atoms with E-state index in [9.17, 15) is 19.2 Å². The Bertz CT molecular complexity index is 873. The van der Waals surface area contributed by atoms with Gasteiger partial charge in [0.25, 0.3) is 5.91 Å². The van der Waals surface area contributed by atoms with Gasteiger partial charge in [0.05, 0.1) is 0 Å². The van der Waals surface area contributed by atoms with Gasteiger partial charge in [0.1, 0.15) is 6.04 Å². The molecule has 9 heteroatoms. The molecule has 0 radical (unpaired) electrons. The van der Waals surface area contributed by atoms with Crippen LogP contribution in [0.2, 0.25) is 0 Å². The molecule has 0 aliphatic heterocycles. The lowest BCUT2D eigenvalue weighted by atomic mass is 10.2. The molecule has 0 heterocycles. The predicted molar refractivity (Wildman–Crippen MR) is 110 cm³/mol. The molecule has 0 aliphatic carbocycles. The summed E-state index contributed by atoms with van der Waals surface area (Å²) < 4.78 is 5.02. The van der Waals surface area contributed by atoms with Crippen LogP contribution in [0.25, 0.3) is 0 Å². The molecule has 0 spiro atoms. The van der Waals surface area contributed by atoms with Gasteiger partial charge in [-0.2, -0.15) is 0 Å². The lowest BCUT2D eigenvalue weighted by molar-refractivity contribution is -0.155. The van der Waals surface area contributed by atoms with E-state index in [1.54, 1.807) is 30.3 Å². The number of anilines is 1. The van der Waals surface area contributed by atoms with Crippen molar-refractivity contribution >= 4 is 29.6 Å². The molecule has 4 N–H and O–H groups in total. The third-order valence-corrected chi connectivity index (χ3v) is 3.93. The van der Waals surface area contributed by atoms with Crippen LogP contribution in [0, 0.1) is 0 Å². The van der Waals surface area contributed by atoms with E-state index < -0.39 is 36.1 Å². The van der Waals surface area contributed by atoms with Crippen LogP contribution in [0.5, 0.6) is 0 Å². The van der Waals surface area contributed by atoms with Crippen molar-refractivity contribution in [2.45, 2.75) is 32.5 Å². The van der Waals surface area contributed by atoms with Crippen molar-refractivity contribution in [3.05, 3.63) is 66.2 Å². The van der Waals surface area contributed by atoms with Crippen molar-refractivity contribution in [1.29, 1.82) is 0 Å². The van der Waals surface area contributed by atoms with Crippen LogP contribution in [0.3, 0.4) is 0 Å². The summed E-state index contributed by atoms with van der Waals surface area (Å²) in [6, 6.07) is 15.6. The van der Waals surface area contributed by atoms with Crippen molar-refractivity contribution in [3.8, 4) is 0 Å². The Morgan fingerprint density at radius 2 is 1.47 bits per heavy atom. The van der Waals surface area contributed by atoms with Crippen LogP contribution in [-0.2, 0) is 20.9 Å². The molecular weight excluding hydrogens is 388 g/mol. The first-order valence-electron chi connectivity index (χ1n) is 9.31. The number of imide groups is 1. The molecule has 2 atom stereocenters. The van der Waals surface area contributed by atoms with Crippen LogP contribution < -0.4 is 21.3 Å². The Balaban J connectivity index is 1.73. The van der Waals surface area contributed by atoms with Gasteiger partial charge in [-0.3, -0.25) is 10.1 Å². The number of para-hydroxylation sites is 1. The molecule has 0 unspecified atom stereocenters. The van der Waals surface area contributed by atoms with E-state index in [1.165, 1.54) is 13.8 Å². The summed E-state index contributed by atoms with van der Waals surface area (Å²) in [6.45, 7) is 2.99. The lowest BCUT2D eigenvalue weighted by Gasteiger charge is -2.17. The van der Waals surface area contributed by atoms with Gasteiger partial charge < -0.3 is 20.7 Å². The average molecular weight is 412 g/mol. The van der Waals surface area contributed by atoms with Gasteiger partial charge in [-0.25, -0.2) is 14.4 Å². The lowest BCUT2D eigenvalue weighted by Crippen LogP contribution is -2.47. The molecule has 0 saturated heterocycles. The summed E-state index contributed by atoms with van der Waals surface area (Å²) in [5.41, 5.74) is 1.43. The summed E-state index contributed by atoms with van der Waals surface area (Å²) in [5, 5.41) is 9.62. The van der Waals surface area contributed by atoms with E-state index in [1.807, 2.05) is 30.3 Å². The Kier molecular flexibility index (Phi) is 8.37. The van der Waals surface area contributed by atoms with E-state index in [-0.39, 0.29) is 6.54 Å². The molecular formula is C21H24N4O5. The molecule has 0 aromatic heterocycles. The Morgan fingerprint density at radius 3 is 2.10 bits per heavy atom. The maximum atomic E-state index is 12.1. The first-order chi connectivity index (χ1) is 14.3.